The number of benzene rings is 1. The Bertz CT molecular complexity index is 669. The van der Waals surface area contributed by atoms with E-state index in [1.54, 1.807) is 18.3 Å². The molecule has 0 fully saturated rings. The largest absolute Gasteiger partial charge is 0.478 e. The highest BCUT2D eigenvalue weighted by molar-refractivity contribution is 5.88. The number of pyridine rings is 1. The molecule has 0 saturated heterocycles. The SMILES string of the molecule is O=C(O)c1cccc(C2CCCc3cccnc32)c1F. The number of rotatable bonds is 2. The lowest BCUT2D eigenvalue weighted by Crippen LogP contribution is -2.15. The van der Waals surface area contributed by atoms with E-state index in [0.717, 1.165) is 30.5 Å². The van der Waals surface area contributed by atoms with Gasteiger partial charge in [0, 0.05) is 12.1 Å². The van der Waals surface area contributed by atoms with Crippen molar-refractivity contribution in [1.82, 2.24) is 4.98 Å². The van der Waals surface area contributed by atoms with Crippen LogP contribution in [0.1, 0.15) is 45.9 Å². The molecule has 1 unspecified atom stereocenters. The van der Waals surface area contributed by atoms with Crippen molar-refractivity contribution in [2.75, 3.05) is 0 Å². The zero-order chi connectivity index (χ0) is 14.1. The van der Waals surface area contributed by atoms with Gasteiger partial charge in [-0.1, -0.05) is 18.2 Å². The molecule has 20 heavy (non-hydrogen) atoms. The van der Waals surface area contributed by atoms with Gasteiger partial charge in [0.25, 0.3) is 0 Å². The second-order valence-electron chi connectivity index (χ2n) is 5.01. The summed E-state index contributed by atoms with van der Waals surface area (Å²) in [6.45, 7) is 0. The Balaban J connectivity index is 2.11. The van der Waals surface area contributed by atoms with Crippen LogP contribution in [0.2, 0.25) is 0 Å². The van der Waals surface area contributed by atoms with Gasteiger partial charge in [0.15, 0.2) is 0 Å². The summed E-state index contributed by atoms with van der Waals surface area (Å²) in [6, 6.07) is 8.44. The quantitative estimate of drug-likeness (QED) is 0.910. The average Bonchev–Trinajstić information content (AvgIpc) is 2.47. The number of aryl methyl sites for hydroxylation is 1. The molecule has 0 spiro atoms. The molecule has 0 radical (unpaired) electrons. The van der Waals surface area contributed by atoms with Crippen LogP contribution in [0.5, 0.6) is 0 Å². The third-order valence-electron chi connectivity index (χ3n) is 3.83. The van der Waals surface area contributed by atoms with Crippen molar-refractivity contribution >= 4 is 5.97 Å². The first-order chi connectivity index (χ1) is 9.68. The molecule has 0 amide bonds. The zero-order valence-electron chi connectivity index (χ0n) is 10.8. The first-order valence-electron chi connectivity index (χ1n) is 6.64. The number of aromatic nitrogens is 1. The molecule has 1 aliphatic rings. The number of hydrogen-bond acceptors (Lipinski definition) is 2. The van der Waals surface area contributed by atoms with E-state index in [9.17, 15) is 9.18 Å². The smallest absolute Gasteiger partial charge is 0.338 e. The molecule has 1 aliphatic carbocycles. The standard InChI is InChI=1S/C16H14FNO2/c17-14-11(6-2-8-13(14)16(19)20)12-7-1-4-10-5-3-9-18-15(10)12/h2-3,5-6,8-9,12H,1,4,7H2,(H,19,20). The minimum absolute atomic E-state index is 0.153. The van der Waals surface area contributed by atoms with Crippen molar-refractivity contribution < 1.29 is 14.3 Å². The van der Waals surface area contributed by atoms with E-state index in [-0.39, 0.29) is 11.5 Å². The lowest BCUT2D eigenvalue weighted by molar-refractivity contribution is 0.0691. The third-order valence-corrected chi connectivity index (χ3v) is 3.83. The maximum absolute atomic E-state index is 14.4. The lowest BCUT2D eigenvalue weighted by Gasteiger charge is -2.25. The van der Waals surface area contributed by atoms with Gasteiger partial charge in [0.2, 0.25) is 0 Å². The van der Waals surface area contributed by atoms with Gasteiger partial charge in [-0.3, -0.25) is 4.98 Å². The van der Waals surface area contributed by atoms with Crippen LogP contribution in [0.15, 0.2) is 36.5 Å². The van der Waals surface area contributed by atoms with Gasteiger partial charge in [-0.25, -0.2) is 9.18 Å². The van der Waals surface area contributed by atoms with Gasteiger partial charge >= 0.3 is 5.97 Å². The van der Waals surface area contributed by atoms with Crippen LogP contribution >= 0.6 is 0 Å². The number of nitrogens with zero attached hydrogens (tertiary/aromatic N) is 1. The van der Waals surface area contributed by atoms with Crippen molar-refractivity contribution in [3.63, 3.8) is 0 Å². The van der Waals surface area contributed by atoms with Crippen molar-refractivity contribution in [2.24, 2.45) is 0 Å². The van der Waals surface area contributed by atoms with Gasteiger partial charge in [-0.15, -0.1) is 0 Å². The van der Waals surface area contributed by atoms with Gasteiger partial charge in [-0.05, 0) is 42.5 Å². The van der Waals surface area contributed by atoms with E-state index < -0.39 is 11.8 Å². The molecule has 0 saturated carbocycles. The van der Waals surface area contributed by atoms with Crippen LogP contribution in [0, 0.1) is 5.82 Å². The van der Waals surface area contributed by atoms with Crippen LogP contribution in [0.25, 0.3) is 0 Å². The summed E-state index contributed by atoms with van der Waals surface area (Å²) in [5, 5.41) is 9.03. The Kier molecular flexibility index (Phi) is 3.22. The van der Waals surface area contributed by atoms with Crippen molar-refractivity contribution in [3.05, 3.63) is 64.7 Å². The molecule has 1 N–H and O–H groups in total. The second-order valence-corrected chi connectivity index (χ2v) is 5.01. The minimum atomic E-state index is -1.23. The maximum atomic E-state index is 14.4. The summed E-state index contributed by atoms with van der Waals surface area (Å²) < 4.78 is 14.4. The van der Waals surface area contributed by atoms with Crippen LogP contribution in [-0.4, -0.2) is 16.1 Å². The van der Waals surface area contributed by atoms with E-state index in [1.165, 1.54) is 6.07 Å². The first kappa shape index (κ1) is 12.8. The number of carboxylic acids is 1. The highest BCUT2D eigenvalue weighted by Gasteiger charge is 2.27. The molecule has 102 valence electrons. The Morgan fingerprint density at radius 1 is 1.30 bits per heavy atom. The molecule has 1 aromatic heterocycles. The Hall–Kier alpha value is -2.23. The number of hydrogen-bond donors (Lipinski definition) is 1. The van der Waals surface area contributed by atoms with Crippen LogP contribution in [0.3, 0.4) is 0 Å². The van der Waals surface area contributed by atoms with E-state index in [4.69, 9.17) is 5.11 Å². The number of carboxylic acid groups (broad SMARTS) is 1. The van der Waals surface area contributed by atoms with E-state index in [0.29, 0.717) is 5.56 Å². The molecule has 0 aliphatic heterocycles. The van der Waals surface area contributed by atoms with E-state index in [2.05, 4.69) is 4.98 Å². The Morgan fingerprint density at radius 3 is 2.95 bits per heavy atom. The molecule has 2 aromatic rings. The average molecular weight is 271 g/mol. The highest BCUT2D eigenvalue weighted by atomic mass is 19.1. The second kappa shape index (κ2) is 5.04. The fourth-order valence-electron chi connectivity index (χ4n) is 2.90. The fraction of sp³-hybridized carbons (Fsp3) is 0.250. The normalized spacial score (nSPS) is 17.6. The summed E-state index contributed by atoms with van der Waals surface area (Å²) in [4.78, 5) is 15.4. The highest BCUT2D eigenvalue weighted by Crippen LogP contribution is 2.36. The Labute approximate surface area is 116 Å². The molecule has 1 aromatic carbocycles. The summed E-state index contributed by atoms with van der Waals surface area (Å²) in [5.41, 5.74) is 2.17. The minimum Gasteiger partial charge on any atom is -0.478 e. The van der Waals surface area contributed by atoms with Crippen molar-refractivity contribution in [3.8, 4) is 0 Å². The van der Waals surface area contributed by atoms with Gasteiger partial charge in [-0.2, -0.15) is 0 Å². The zero-order valence-corrected chi connectivity index (χ0v) is 10.8. The molecule has 3 nitrogen and oxygen atoms in total. The third kappa shape index (κ3) is 2.07. The molecule has 0 bridgehead atoms. The van der Waals surface area contributed by atoms with Gasteiger partial charge < -0.3 is 5.11 Å². The molecular formula is C16H14FNO2. The topological polar surface area (TPSA) is 50.2 Å². The summed E-state index contributed by atoms with van der Waals surface area (Å²) >= 11 is 0. The maximum Gasteiger partial charge on any atom is 0.338 e. The monoisotopic (exact) mass is 271 g/mol. The number of aromatic carboxylic acids is 1. The fourth-order valence-corrected chi connectivity index (χ4v) is 2.90. The summed E-state index contributed by atoms with van der Waals surface area (Å²) in [7, 11) is 0. The molecule has 1 atom stereocenters. The van der Waals surface area contributed by atoms with Crippen LogP contribution in [0.4, 0.5) is 4.39 Å². The lowest BCUT2D eigenvalue weighted by atomic mass is 9.81. The predicted molar refractivity (Wildman–Crippen MR) is 72.4 cm³/mol. The first-order valence-corrected chi connectivity index (χ1v) is 6.64. The number of halogens is 1. The predicted octanol–water partition coefficient (Wildman–Crippen LogP) is 3.39. The van der Waals surface area contributed by atoms with Crippen molar-refractivity contribution in [2.45, 2.75) is 25.2 Å². The summed E-state index contributed by atoms with van der Waals surface area (Å²) in [5.74, 6) is -2.02. The van der Waals surface area contributed by atoms with E-state index >= 15 is 0 Å². The van der Waals surface area contributed by atoms with Gasteiger partial charge in [0.1, 0.15) is 5.82 Å². The van der Waals surface area contributed by atoms with Crippen LogP contribution < -0.4 is 0 Å². The summed E-state index contributed by atoms with van der Waals surface area (Å²) in [6.07, 6.45) is 4.40. The molecule has 3 rings (SSSR count). The number of fused-ring (bicyclic) bond motifs is 1. The van der Waals surface area contributed by atoms with Gasteiger partial charge in [0.05, 0.1) is 11.3 Å². The van der Waals surface area contributed by atoms with Crippen molar-refractivity contribution in [1.29, 1.82) is 0 Å². The molecule has 4 heteroatoms. The number of carbonyl (C=O) groups is 1. The van der Waals surface area contributed by atoms with Crippen LogP contribution in [-0.2, 0) is 6.42 Å². The molecular weight excluding hydrogens is 257 g/mol. The van der Waals surface area contributed by atoms with E-state index in [1.807, 2.05) is 12.1 Å². The molecule has 1 heterocycles. The Morgan fingerprint density at radius 2 is 2.15 bits per heavy atom.